The Balaban J connectivity index is 1.85. The van der Waals surface area contributed by atoms with Gasteiger partial charge in [0, 0.05) is 0 Å². The van der Waals surface area contributed by atoms with Gasteiger partial charge in [-0.3, -0.25) is 4.79 Å². The number of ether oxygens (including phenoxy) is 1. The van der Waals surface area contributed by atoms with Crippen molar-refractivity contribution in [1.29, 1.82) is 0 Å². The molecule has 1 spiro atoms. The number of aliphatic hydroxyl groups excluding tert-OH is 1. The van der Waals surface area contributed by atoms with Crippen molar-refractivity contribution in [2.24, 2.45) is 5.41 Å². The van der Waals surface area contributed by atoms with Gasteiger partial charge in [0.15, 0.2) is 0 Å². The molecule has 0 aromatic heterocycles. The molecule has 3 fully saturated rings. The molecule has 3 aliphatic heterocycles. The van der Waals surface area contributed by atoms with Crippen molar-refractivity contribution in [3.05, 3.63) is 35.4 Å². The predicted molar refractivity (Wildman–Crippen MR) is 72.8 cm³/mol. The van der Waals surface area contributed by atoms with Crippen LogP contribution in [0.25, 0.3) is 0 Å². The number of rotatable bonds is 2. The van der Waals surface area contributed by atoms with E-state index in [-0.39, 0.29) is 24.7 Å². The van der Waals surface area contributed by atoms with E-state index in [4.69, 9.17) is 4.74 Å². The van der Waals surface area contributed by atoms with Gasteiger partial charge in [0.1, 0.15) is 5.60 Å². The van der Waals surface area contributed by atoms with Crippen LogP contribution in [0.5, 0.6) is 0 Å². The lowest BCUT2D eigenvalue weighted by Crippen LogP contribution is -2.44. The third-order valence-corrected chi connectivity index (χ3v) is 5.56. The molecular formula is C16H19NO3. The van der Waals surface area contributed by atoms with Gasteiger partial charge in [-0.25, -0.2) is 0 Å². The number of carbonyl (C=O) groups is 1. The Morgan fingerprint density at radius 2 is 2.25 bits per heavy atom. The summed E-state index contributed by atoms with van der Waals surface area (Å²) < 4.78 is 6.26. The lowest BCUT2D eigenvalue weighted by molar-refractivity contribution is -0.130. The van der Waals surface area contributed by atoms with E-state index >= 15 is 0 Å². The number of aliphatic hydroxyl groups is 1. The first kappa shape index (κ1) is 12.4. The van der Waals surface area contributed by atoms with Gasteiger partial charge in [0.2, 0.25) is 5.91 Å². The van der Waals surface area contributed by atoms with Gasteiger partial charge in [-0.1, -0.05) is 24.3 Å². The average Bonchev–Trinajstić information content (AvgIpc) is 3.06. The van der Waals surface area contributed by atoms with Crippen LogP contribution in [0.1, 0.15) is 43.4 Å². The summed E-state index contributed by atoms with van der Waals surface area (Å²) in [6, 6.07) is 7.63. The monoisotopic (exact) mass is 273 g/mol. The third kappa shape index (κ3) is 1.26. The Labute approximate surface area is 118 Å². The van der Waals surface area contributed by atoms with E-state index in [1.807, 2.05) is 31.2 Å². The highest BCUT2D eigenvalue weighted by Gasteiger charge is 2.72. The summed E-state index contributed by atoms with van der Waals surface area (Å²) in [5.41, 5.74) is 1.01. The van der Waals surface area contributed by atoms with Crippen LogP contribution in [0, 0.1) is 5.41 Å². The molecule has 106 valence electrons. The fourth-order valence-electron chi connectivity index (χ4n) is 4.48. The first-order valence-corrected chi connectivity index (χ1v) is 7.28. The van der Waals surface area contributed by atoms with Gasteiger partial charge in [-0.15, -0.1) is 0 Å². The summed E-state index contributed by atoms with van der Waals surface area (Å²) in [5.74, 6) is 0.0949. The van der Waals surface area contributed by atoms with Crippen LogP contribution in [0.4, 0.5) is 0 Å². The molecule has 2 N–H and O–H groups in total. The minimum absolute atomic E-state index is 0.0151. The first-order chi connectivity index (χ1) is 9.61. The summed E-state index contributed by atoms with van der Waals surface area (Å²) in [6.45, 7) is 2.02. The van der Waals surface area contributed by atoms with Gasteiger partial charge in [0.05, 0.1) is 24.2 Å². The summed E-state index contributed by atoms with van der Waals surface area (Å²) in [5, 5.41) is 12.7. The molecule has 4 heteroatoms. The number of carbonyl (C=O) groups excluding carboxylic acids is 1. The molecular weight excluding hydrogens is 254 g/mol. The van der Waals surface area contributed by atoms with E-state index in [0.29, 0.717) is 0 Å². The van der Waals surface area contributed by atoms with E-state index in [1.165, 1.54) is 0 Å². The van der Waals surface area contributed by atoms with Crippen molar-refractivity contribution >= 4 is 5.91 Å². The Morgan fingerprint density at radius 1 is 1.45 bits per heavy atom. The third-order valence-electron chi connectivity index (χ3n) is 5.56. The maximum atomic E-state index is 12.5. The minimum atomic E-state index is -0.431. The molecule has 0 aliphatic carbocycles. The van der Waals surface area contributed by atoms with Crippen molar-refractivity contribution in [2.45, 2.75) is 50.5 Å². The predicted octanol–water partition coefficient (Wildman–Crippen LogP) is 1.68. The zero-order chi connectivity index (χ0) is 14.0. The molecule has 0 radical (unpaired) electrons. The number of amides is 1. The summed E-state index contributed by atoms with van der Waals surface area (Å²) in [6.07, 6.45) is 2.98. The summed E-state index contributed by atoms with van der Waals surface area (Å²) in [4.78, 5) is 12.5. The van der Waals surface area contributed by atoms with E-state index in [1.54, 1.807) is 0 Å². The minimum Gasteiger partial charge on any atom is -0.392 e. The second-order valence-corrected chi connectivity index (χ2v) is 6.47. The Hall–Kier alpha value is -1.39. The van der Waals surface area contributed by atoms with E-state index in [0.717, 1.165) is 30.4 Å². The molecule has 0 saturated carbocycles. The van der Waals surface area contributed by atoms with Crippen LogP contribution in [-0.4, -0.2) is 22.7 Å². The molecule has 3 heterocycles. The molecule has 20 heavy (non-hydrogen) atoms. The van der Waals surface area contributed by atoms with Crippen LogP contribution in [0.15, 0.2) is 24.3 Å². The van der Waals surface area contributed by atoms with Crippen molar-refractivity contribution in [2.75, 3.05) is 0 Å². The second-order valence-electron chi connectivity index (χ2n) is 6.47. The molecule has 3 aliphatic rings. The highest BCUT2D eigenvalue weighted by Crippen LogP contribution is 2.63. The molecule has 1 aromatic rings. The van der Waals surface area contributed by atoms with Gasteiger partial charge in [-0.05, 0) is 37.3 Å². The summed E-state index contributed by atoms with van der Waals surface area (Å²) in [7, 11) is 0. The van der Waals surface area contributed by atoms with Gasteiger partial charge >= 0.3 is 0 Å². The molecule has 2 bridgehead atoms. The number of fused-ring (bicyclic) bond motifs is 1. The van der Waals surface area contributed by atoms with Crippen molar-refractivity contribution in [3.63, 3.8) is 0 Å². The fraction of sp³-hybridized carbons (Fsp3) is 0.562. The van der Waals surface area contributed by atoms with Crippen molar-refractivity contribution < 1.29 is 14.6 Å². The molecule has 4 nitrogen and oxygen atoms in total. The van der Waals surface area contributed by atoms with Crippen LogP contribution in [0.2, 0.25) is 0 Å². The SMILES string of the molecule is C[C@]12C[C@@H]3CC[C@]1(O3)[C@H](c1ccccc1CO)NC2=O. The highest BCUT2D eigenvalue weighted by atomic mass is 16.5. The highest BCUT2D eigenvalue weighted by molar-refractivity contribution is 5.88. The number of hydrogen-bond donors (Lipinski definition) is 2. The largest absolute Gasteiger partial charge is 0.392 e. The van der Waals surface area contributed by atoms with E-state index in [9.17, 15) is 9.90 Å². The van der Waals surface area contributed by atoms with Crippen molar-refractivity contribution in [1.82, 2.24) is 5.32 Å². The summed E-state index contributed by atoms with van der Waals surface area (Å²) >= 11 is 0. The molecule has 4 rings (SSSR count). The molecule has 4 atom stereocenters. The van der Waals surface area contributed by atoms with Crippen LogP contribution >= 0.6 is 0 Å². The normalized spacial score (nSPS) is 41.8. The van der Waals surface area contributed by atoms with E-state index < -0.39 is 11.0 Å². The fourth-order valence-corrected chi connectivity index (χ4v) is 4.48. The Bertz CT molecular complexity index is 587. The van der Waals surface area contributed by atoms with Gasteiger partial charge in [0.25, 0.3) is 0 Å². The van der Waals surface area contributed by atoms with Gasteiger partial charge in [-0.2, -0.15) is 0 Å². The molecule has 1 amide bonds. The Morgan fingerprint density at radius 3 is 3.00 bits per heavy atom. The number of benzene rings is 1. The van der Waals surface area contributed by atoms with E-state index in [2.05, 4.69) is 5.32 Å². The standard InChI is InChI=1S/C16H19NO3/c1-15-8-11-6-7-16(15,20-11)13(17-14(15)19)12-5-3-2-4-10(12)9-18/h2-5,11,13,18H,6-9H2,1H3,(H,17,19)/t11-,13-,15+,16-/m0/s1. The number of nitrogens with one attached hydrogen (secondary N) is 1. The average molecular weight is 273 g/mol. The topological polar surface area (TPSA) is 58.6 Å². The lowest BCUT2D eigenvalue weighted by Gasteiger charge is -2.37. The first-order valence-electron chi connectivity index (χ1n) is 7.28. The maximum absolute atomic E-state index is 12.5. The molecule has 1 aromatic carbocycles. The van der Waals surface area contributed by atoms with Crippen LogP contribution < -0.4 is 5.32 Å². The molecule has 0 unspecified atom stereocenters. The van der Waals surface area contributed by atoms with Crippen molar-refractivity contribution in [3.8, 4) is 0 Å². The van der Waals surface area contributed by atoms with Crippen LogP contribution in [-0.2, 0) is 16.1 Å². The van der Waals surface area contributed by atoms with Crippen LogP contribution in [0.3, 0.4) is 0 Å². The number of hydrogen-bond acceptors (Lipinski definition) is 3. The maximum Gasteiger partial charge on any atom is 0.229 e. The van der Waals surface area contributed by atoms with Gasteiger partial charge < -0.3 is 15.2 Å². The Kier molecular flexibility index (Phi) is 2.37. The zero-order valence-electron chi connectivity index (χ0n) is 11.6. The smallest absolute Gasteiger partial charge is 0.229 e. The zero-order valence-corrected chi connectivity index (χ0v) is 11.6. The lowest BCUT2D eigenvalue weighted by atomic mass is 9.65. The molecule has 3 saturated heterocycles. The second kappa shape index (κ2) is 3.83. The quantitative estimate of drug-likeness (QED) is 0.862.